The van der Waals surface area contributed by atoms with E-state index in [9.17, 15) is 0 Å². The third-order valence-electron chi connectivity index (χ3n) is 4.86. The molecule has 2 heteroatoms. The van der Waals surface area contributed by atoms with Gasteiger partial charge in [-0.3, -0.25) is 0 Å². The third kappa shape index (κ3) is 3.02. The number of nitrogens with zero attached hydrogens (tertiary/aromatic N) is 2. The van der Waals surface area contributed by atoms with Gasteiger partial charge in [-0.15, -0.1) is 0 Å². The topological polar surface area (TPSA) is 17.3 Å². The number of benzene rings is 3. The lowest BCUT2D eigenvalue weighted by molar-refractivity contribution is 0.966. The smallest absolute Gasteiger partial charge is 0.0933 e. The van der Waals surface area contributed by atoms with E-state index < -0.39 is 0 Å². The van der Waals surface area contributed by atoms with Gasteiger partial charge in [-0.2, -0.15) is 5.10 Å². The Hall–Kier alpha value is -3.65. The van der Waals surface area contributed by atoms with Crippen molar-refractivity contribution < 1.29 is 0 Å². The molecule has 0 aliphatic rings. The molecular weight excluding hydrogens is 328 g/mol. The zero-order chi connectivity index (χ0) is 18.1. The molecule has 0 saturated heterocycles. The highest BCUT2D eigenvalue weighted by Gasteiger charge is 2.07. The first-order valence-corrected chi connectivity index (χ1v) is 9.07. The Labute approximate surface area is 158 Å². The second kappa shape index (κ2) is 6.58. The van der Waals surface area contributed by atoms with Gasteiger partial charge in [0.15, 0.2) is 0 Å². The van der Waals surface area contributed by atoms with Gasteiger partial charge in [0.05, 0.1) is 11.2 Å². The van der Waals surface area contributed by atoms with Gasteiger partial charge in [-0.1, -0.05) is 84.9 Å². The van der Waals surface area contributed by atoms with E-state index in [0.29, 0.717) is 0 Å². The van der Waals surface area contributed by atoms with Crippen molar-refractivity contribution >= 4 is 5.52 Å². The van der Waals surface area contributed by atoms with Gasteiger partial charge in [0.1, 0.15) is 0 Å². The molecule has 0 unspecified atom stereocenters. The van der Waals surface area contributed by atoms with Crippen LogP contribution in [0.1, 0.15) is 0 Å². The van der Waals surface area contributed by atoms with E-state index in [1.807, 2.05) is 22.8 Å². The van der Waals surface area contributed by atoms with Gasteiger partial charge in [-0.25, -0.2) is 4.52 Å². The van der Waals surface area contributed by atoms with Crippen LogP contribution in [-0.4, -0.2) is 9.61 Å². The quantitative estimate of drug-likeness (QED) is 0.373. The minimum atomic E-state index is 0.986. The highest BCUT2D eigenvalue weighted by atomic mass is 15.2. The molecule has 0 aliphatic carbocycles. The maximum Gasteiger partial charge on any atom is 0.0933 e. The molecule has 0 N–H and O–H groups in total. The Kier molecular flexibility index (Phi) is 3.80. The van der Waals surface area contributed by atoms with Crippen molar-refractivity contribution in [1.82, 2.24) is 9.61 Å². The molecule has 0 saturated carbocycles. The summed E-state index contributed by atoms with van der Waals surface area (Å²) in [6, 6.07) is 35.9. The predicted octanol–water partition coefficient (Wildman–Crippen LogP) is 6.34. The molecule has 0 spiro atoms. The maximum absolute atomic E-state index is 4.74. The lowest BCUT2D eigenvalue weighted by Gasteiger charge is -2.02. The van der Waals surface area contributed by atoms with Crippen LogP contribution >= 0.6 is 0 Å². The fourth-order valence-electron chi connectivity index (χ4n) is 3.41. The van der Waals surface area contributed by atoms with Crippen LogP contribution in [0, 0.1) is 0 Å². The summed E-state index contributed by atoms with van der Waals surface area (Å²) in [6.07, 6.45) is 2.03. The Morgan fingerprint density at radius 3 is 1.70 bits per heavy atom. The molecule has 0 bridgehead atoms. The molecule has 2 heterocycles. The van der Waals surface area contributed by atoms with Crippen molar-refractivity contribution in [2.24, 2.45) is 0 Å². The third-order valence-corrected chi connectivity index (χ3v) is 4.86. The predicted molar refractivity (Wildman–Crippen MR) is 112 cm³/mol. The molecule has 2 nitrogen and oxygen atoms in total. The number of hydrogen-bond acceptors (Lipinski definition) is 1. The van der Waals surface area contributed by atoms with Gasteiger partial charge in [0.25, 0.3) is 0 Å². The molecule has 0 amide bonds. The average Bonchev–Trinajstić information content (AvgIpc) is 3.18. The SMILES string of the molecule is c1ccc(-c2ccc(-c3cc4cc(-c5ccccc5)ccn4n3)cc2)cc1. The molecular formula is C25H18N2. The summed E-state index contributed by atoms with van der Waals surface area (Å²) in [5.41, 5.74) is 8.07. The number of fused-ring (bicyclic) bond motifs is 1. The molecule has 128 valence electrons. The van der Waals surface area contributed by atoms with E-state index in [4.69, 9.17) is 5.10 Å². The molecule has 0 atom stereocenters. The monoisotopic (exact) mass is 346 g/mol. The van der Waals surface area contributed by atoms with E-state index in [2.05, 4.69) is 91.0 Å². The number of aromatic nitrogens is 2. The highest BCUT2D eigenvalue weighted by Crippen LogP contribution is 2.26. The number of hydrogen-bond donors (Lipinski definition) is 0. The van der Waals surface area contributed by atoms with E-state index in [-0.39, 0.29) is 0 Å². The lowest BCUT2D eigenvalue weighted by atomic mass is 10.0. The zero-order valence-corrected chi connectivity index (χ0v) is 14.8. The summed E-state index contributed by atoms with van der Waals surface area (Å²) < 4.78 is 1.94. The number of pyridine rings is 1. The highest BCUT2D eigenvalue weighted by molar-refractivity contribution is 5.74. The van der Waals surface area contributed by atoms with Crippen LogP contribution < -0.4 is 0 Å². The molecule has 2 aromatic heterocycles. The van der Waals surface area contributed by atoms with Crippen molar-refractivity contribution in [2.45, 2.75) is 0 Å². The van der Waals surface area contributed by atoms with Crippen molar-refractivity contribution in [2.75, 3.05) is 0 Å². The van der Waals surface area contributed by atoms with Crippen LogP contribution in [-0.2, 0) is 0 Å². The second-order valence-electron chi connectivity index (χ2n) is 6.62. The van der Waals surface area contributed by atoms with Crippen LogP contribution in [0.4, 0.5) is 0 Å². The molecule has 0 radical (unpaired) electrons. The number of rotatable bonds is 3. The Morgan fingerprint density at radius 2 is 1.04 bits per heavy atom. The molecule has 0 aliphatic heterocycles. The fourth-order valence-corrected chi connectivity index (χ4v) is 3.41. The van der Waals surface area contributed by atoms with Crippen molar-refractivity contribution in [3.8, 4) is 33.5 Å². The van der Waals surface area contributed by atoms with Crippen LogP contribution in [0.15, 0.2) is 109 Å². The minimum absolute atomic E-state index is 0.986. The van der Waals surface area contributed by atoms with Gasteiger partial charge < -0.3 is 0 Å². The maximum atomic E-state index is 4.74. The average molecular weight is 346 g/mol. The van der Waals surface area contributed by atoms with Crippen LogP contribution in [0.25, 0.3) is 39.0 Å². The van der Waals surface area contributed by atoms with Crippen LogP contribution in [0.2, 0.25) is 0 Å². The first kappa shape index (κ1) is 15.6. The molecule has 3 aromatic carbocycles. The van der Waals surface area contributed by atoms with Gasteiger partial charge >= 0.3 is 0 Å². The van der Waals surface area contributed by atoms with Crippen molar-refractivity contribution in [3.63, 3.8) is 0 Å². The molecule has 5 rings (SSSR count). The van der Waals surface area contributed by atoms with Crippen LogP contribution in [0.5, 0.6) is 0 Å². The van der Waals surface area contributed by atoms with Gasteiger partial charge in [-0.05, 0) is 40.5 Å². The molecule has 5 aromatic rings. The fraction of sp³-hybridized carbons (Fsp3) is 0. The van der Waals surface area contributed by atoms with Crippen molar-refractivity contribution in [1.29, 1.82) is 0 Å². The Morgan fingerprint density at radius 1 is 0.481 bits per heavy atom. The lowest BCUT2D eigenvalue weighted by Crippen LogP contribution is -1.87. The summed E-state index contributed by atoms with van der Waals surface area (Å²) in [5.74, 6) is 0. The summed E-state index contributed by atoms with van der Waals surface area (Å²) in [4.78, 5) is 0. The molecule has 0 fully saturated rings. The minimum Gasteiger partial charge on any atom is -0.240 e. The molecule has 27 heavy (non-hydrogen) atoms. The summed E-state index contributed by atoms with van der Waals surface area (Å²) >= 11 is 0. The summed E-state index contributed by atoms with van der Waals surface area (Å²) in [5, 5.41) is 4.74. The first-order valence-electron chi connectivity index (χ1n) is 9.07. The Balaban J connectivity index is 1.50. The zero-order valence-electron chi connectivity index (χ0n) is 14.8. The normalized spacial score (nSPS) is 11.0. The standard InChI is InChI=1S/C25H18N2/c1-3-7-19(8-4-1)21-11-13-22(14-12-21)25-18-24-17-23(15-16-27(24)26-25)20-9-5-2-6-10-20/h1-18H. The summed E-state index contributed by atoms with van der Waals surface area (Å²) in [6.45, 7) is 0. The van der Waals surface area contributed by atoms with E-state index >= 15 is 0 Å². The van der Waals surface area contributed by atoms with E-state index in [0.717, 1.165) is 16.8 Å². The van der Waals surface area contributed by atoms with Gasteiger partial charge in [0, 0.05) is 11.8 Å². The second-order valence-corrected chi connectivity index (χ2v) is 6.62. The summed E-state index contributed by atoms with van der Waals surface area (Å²) in [7, 11) is 0. The Bertz CT molecular complexity index is 1190. The largest absolute Gasteiger partial charge is 0.240 e. The van der Waals surface area contributed by atoms with E-state index in [1.54, 1.807) is 0 Å². The van der Waals surface area contributed by atoms with Gasteiger partial charge in [0.2, 0.25) is 0 Å². The van der Waals surface area contributed by atoms with Crippen LogP contribution in [0.3, 0.4) is 0 Å². The van der Waals surface area contributed by atoms with Crippen molar-refractivity contribution in [3.05, 3.63) is 109 Å². The van der Waals surface area contributed by atoms with E-state index in [1.165, 1.54) is 22.3 Å². The first-order chi connectivity index (χ1) is 13.4.